The predicted octanol–water partition coefficient (Wildman–Crippen LogP) is 5.96. The minimum Gasteiger partial charge on any atom is -0.483 e. The van der Waals surface area contributed by atoms with Gasteiger partial charge in [-0.2, -0.15) is 0 Å². The van der Waals surface area contributed by atoms with E-state index in [0.717, 1.165) is 17.1 Å². The van der Waals surface area contributed by atoms with Crippen molar-refractivity contribution in [2.75, 3.05) is 18.0 Å². The first-order valence-corrected chi connectivity index (χ1v) is 15.4. The lowest BCUT2D eigenvalue weighted by Gasteiger charge is -2.24. The van der Waals surface area contributed by atoms with Gasteiger partial charge in [0.1, 0.15) is 11.6 Å². The van der Waals surface area contributed by atoms with Crippen molar-refractivity contribution in [2.24, 2.45) is 5.73 Å². The number of halogens is 1. The number of carbonyl (C=O) groups excluding carboxylic acids is 2. The van der Waals surface area contributed by atoms with Gasteiger partial charge in [-0.1, -0.05) is 74.0 Å². The Morgan fingerprint density at radius 3 is 2.43 bits per heavy atom. The van der Waals surface area contributed by atoms with Crippen LogP contribution in [-0.2, 0) is 23.6 Å². The van der Waals surface area contributed by atoms with Crippen LogP contribution in [0, 0.1) is 5.41 Å². The maximum Gasteiger partial charge on any atom is 0.257 e. The van der Waals surface area contributed by atoms with Crippen molar-refractivity contribution >= 4 is 46.9 Å². The standard InChI is InChI=1S/C31H31ClN6O3S.C2H6/c1-35-29(39)19-41-28-15-22(30(33)34)10-11-23(28)17-37-31(40)24-13-25(32)16-27(14-24)38(18-26-9-5-6-12-36-26)42-20-21-7-3-2-4-8-21;1-2/h2-16H,17-20H2,1H3,(H3,33,34)(H,35,39)(H,37,40);1-2H3. The molecule has 4 rings (SSSR count). The zero-order valence-corrected chi connectivity index (χ0v) is 26.5. The zero-order chi connectivity index (χ0) is 31.9. The van der Waals surface area contributed by atoms with Gasteiger partial charge in [0.15, 0.2) is 6.61 Å². The van der Waals surface area contributed by atoms with Crippen LogP contribution in [0.3, 0.4) is 0 Å². The Kier molecular flexibility index (Phi) is 13.5. The molecule has 0 fully saturated rings. The van der Waals surface area contributed by atoms with E-state index in [1.165, 1.54) is 12.6 Å². The van der Waals surface area contributed by atoms with Crippen LogP contribution in [0.25, 0.3) is 0 Å². The first-order valence-electron chi connectivity index (χ1n) is 14.1. The van der Waals surface area contributed by atoms with E-state index < -0.39 is 0 Å². The predicted molar refractivity (Wildman–Crippen MR) is 179 cm³/mol. The third-order valence-corrected chi connectivity index (χ3v) is 7.48. The van der Waals surface area contributed by atoms with E-state index in [4.69, 9.17) is 27.5 Å². The smallest absolute Gasteiger partial charge is 0.257 e. The lowest BCUT2D eigenvalue weighted by molar-refractivity contribution is -0.122. The molecule has 11 heteroatoms. The van der Waals surface area contributed by atoms with Crippen LogP contribution in [0.5, 0.6) is 5.75 Å². The number of amides is 2. The minimum absolute atomic E-state index is 0.113. The van der Waals surface area contributed by atoms with Crippen molar-refractivity contribution in [3.05, 3.63) is 124 Å². The summed E-state index contributed by atoms with van der Waals surface area (Å²) in [5.74, 6) is 0.276. The fourth-order valence-corrected chi connectivity index (χ4v) is 5.13. The van der Waals surface area contributed by atoms with E-state index in [2.05, 4.69) is 32.1 Å². The number of pyridine rings is 1. The Bertz CT molecular complexity index is 1540. The Labute approximate surface area is 267 Å². The van der Waals surface area contributed by atoms with Crippen molar-refractivity contribution in [3.63, 3.8) is 0 Å². The van der Waals surface area contributed by atoms with Crippen LogP contribution in [0.1, 0.15) is 46.6 Å². The number of nitrogens with two attached hydrogens (primary N) is 1. The lowest BCUT2D eigenvalue weighted by atomic mass is 10.1. The van der Waals surface area contributed by atoms with E-state index in [1.54, 1.807) is 48.5 Å². The summed E-state index contributed by atoms with van der Waals surface area (Å²) in [5, 5.41) is 13.5. The zero-order valence-electron chi connectivity index (χ0n) is 25.0. The molecular weight excluding hydrogens is 596 g/mol. The molecule has 1 heterocycles. The molecule has 2 amide bonds. The summed E-state index contributed by atoms with van der Waals surface area (Å²) in [4.78, 5) is 29.5. The summed E-state index contributed by atoms with van der Waals surface area (Å²) < 4.78 is 7.73. The van der Waals surface area contributed by atoms with Gasteiger partial charge in [-0.3, -0.25) is 20.0 Å². The number of nitrogen functional groups attached to an aromatic ring is 1. The van der Waals surface area contributed by atoms with Gasteiger partial charge in [0.05, 0.1) is 12.2 Å². The maximum absolute atomic E-state index is 13.3. The first kappa shape index (κ1) is 34.0. The van der Waals surface area contributed by atoms with Crippen molar-refractivity contribution in [1.29, 1.82) is 5.41 Å². The van der Waals surface area contributed by atoms with Gasteiger partial charge in [-0.25, -0.2) is 0 Å². The summed E-state index contributed by atoms with van der Waals surface area (Å²) in [6.07, 6.45) is 1.75. The maximum atomic E-state index is 13.3. The first-order chi connectivity index (χ1) is 21.3. The van der Waals surface area contributed by atoms with Crippen LogP contribution in [0.2, 0.25) is 5.02 Å². The molecule has 0 aliphatic heterocycles. The third-order valence-electron chi connectivity index (χ3n) is 6.15. The Morgan fingerprint density at radius 1 is 1.00 bits per heavy atom. The number of benzene rings is 3. The second kappa shape index (κ2) is 17.5. The normalized spacial score (nSPS) is 10.2. The van der Waals surface area contributed by atoms with E-state index >= 15 is 0 Å². The van der Waals surface area contributed by atoms with Crippen molar-refractivity contribution in [3.8, 4) is 5.75 Å². The van der Waals surface area contributed by atoms with Crippen molar-refractivity contribution < 1.29 is 14.3 Å². The van der Waals surface area contributed by atoms with Crippen LogP contribution in [0.4, 0.5) is 5.69 Å². The number of amidine groups is 1. The molecule has 0 aliphatic carbocycles. The number of rotatable bonds is 13. The highest BCUT2D eigenvalue weighted by molar-refractivity contribution is 7.99. The van der Waals surface area contributed by atoms with Crippen LogP contribution in [0.15, 0.2) is 91.1 Å². The Balaban J connectivity index is 0.00000259. The molecule has 0 saturated carbocycles. The van der Waals surface area contributed by atoms with Gasteiger partial charge in [0.2, 0.25) is 0 Å². The van der Waals surface area contributed by atoms with Gasteiger partial charge in [-0.15, -0.1) is 0 Å². The van der Waals surface area contributed by atoms with E-state index in [0.29, 0.717) is 34.0 Å². The molecule has 0 radical (unpaired) electrons. The molecule has 0 spiro atoms. The van der Waals surface area contributed by atoms with E-state index in [1.807, 2.05) is 56.3 Å². The summed E-state index contributed by atoms with van der Waals surface area (Å²) in [6, 6.07) is 26.1. The van der Waals surface area contributed by atoms with Crippen LogP contribution < -0.4 is 25.4 Å². The number of anilines is 1. The number of hydrogen-bond acceptors (Lipinski definition) is 7. The highest BCUT2D eigenvalue weighted by Crippen LogP contribution is 2.31. The topological polar surface area (TPSA) is 133 Å². The van der Waals surface area contributed by atoms with Gasteiger partial charge < -0.3 is 25.4 Å². The third kappa shape index (κ3) is 10.3. The largest absolute Gasteiger partial charge is 0.483 e. The fourth-order valence-electron chi connectivity index (χ4n) is 3.92. The molecule has 0 bridgehead atoms. The Hall–Kier alpha value is -4.54. The summed E-state index contributed by atoms with van der Waals surface area (Å²) in [5.41, 5.74) is 9.88. The van der Waals surface area contributed by atoms with Gasteiger partial charge in [-0.05, 0) is 53.9 Å². The molecule has 44 heavy (non-hydrogen) atoms. The highest BCUT2D eigenvalue weighted by Gasteiger charge is 2.16. The molecule has 5 N–H and O–H groups in total. The molecule has 230 valence electrons. The van der Waals surface area contributed by atoms with Crippen molar-refractivity contribution in [1.82, 2.24) is 15.6 Å². The molecule has 0 aliphatic rings. The molecule has 3 aromatic carbocycles. The number of carbonyl (C=O) groups is 2. The van der Waals surface area contributed by atoms with Gasteiger partial charge in [0.25, 0.3) is 11.8 Å². The molecule has 0 saturated heterocycles. The molecular formula is C33H37ClN6O3S. The summed E-state index contributed by atoms with van der Waals surface area (Å²) >= 11 is 8.11. The molecule has 1 aromatic heterocycles. The van der Waals surface area contributed by atoms with Crippen molar-refractivity contribution in [2.45, 2.75) is 32.7 Å². The molecule has 0 unspecified atom stereocenters. The quantitative estimate of drug-likeness (QED) is 0.0812. The second-order valence-electron chi connectivity index (χ2n) is 9.20. The number of nitrogens with zero attached hydrogens (tertiary/aromatic N) is 2. The minimum atomic E-state index is -0.336. The average molecular weight is 633 g/mol. The average Bonchev–Trinajstić information content (AvgIpc) is 3.06. The number of likely N-dealkylation sites (N-methyl/N-ethyl adjacent to an activating group) is 1. The monoisotopic (exact) mass is 632 g/mol. The lowest BCUT2D eigenvalue weighted by Crippen LogP contribution is -2.26. The number of aromatic nitrogens is 1. The molecule has 0 atom stereocenters. The van der Waals surface area contributed by atoms with Gasteiger partial charge >= 0.3 is 0 Å². The summed E-state index contributed by atoms with van der Waals surface area (Å²) in [6.45, 7) is 4.40. The van der Waals surface area contributed by atoms with Gasteiger partial charge in [0, 0.05) is 52.9 Å². The summed E-state index contributed by atoms with van der Waals surface area (Å²) in [7, 11) is 1.51. The van der Waals surface area contributed by atoms with E-state index in [9.17, 15) is 9.59 Å². The van der Waals surface area contributed by atoms with Crippen LogP contribution >= 0.6 is 23.5 Å². The Morgan fingerprint density at radius 2 is 1.75 bits per heavy atom. The number of nitrogens with one attached hydrogen (secondary N) is 3. The van der Waals surface area contributed by atoms with E-state index in [-0.39, 0.29) is 30.8 Å². The second-order valence-corrected chi connectivity index (χ2v) is 10.6. The number of hydrogen-bond donors (Lipinski definition) is 4. The fraction of sp³-hybridized carbons (Fsp3) is 0.212. The SMILES string of the molecule is CC.CNC(=O)COc1cc(C(=N)N)ccc1CNC(=O)c1cc(Cl)cc(N(Cc2ccccn2)SCc2ccccc2)c1. The molecule has 4 aromatic rings. The highest BCUT2D eigenvalue weighted by atomic mass is 35.5. The number of ether oxygens (including phenoxy) is 1. The molecule has 9 nitrogen and oxygen atoms in total. The van der Waals surface area contributed by atoms with Crippen LogP contribution in [-0.4, -0.2) is 36.3 Å².